The SMILES string of the molecule is CC(C)C1(C)C(=O)NC(=O)N1CO. The standard InChI is InChI=1S/C8H14N2O3/c1-5(2)8(3)6(12)9-7(13)10(8)4-11/h5,11H,4H2,1-3H3,(H,9,12,13). The highest BCUT2D eigenvalue weighted by atomic mass is 16.3. The fourth-order valence-corrected chi connectivity index (χ4v) is 1.41. The molecule has 74 valence electrons. The van der Waals surface area contributed by atoms with E-state index in [1.54, 1.807) is 6.92 Å². The Morgan fingerprint density at radius 3 is 2.38 bits per heavy atom. The lowest BCUT2D eigenvalue weighted by Gasteiger charge is -2.33. The Hall–Kier alpha value is -1.10. The summed E-state index contributed by atoms with van der Waals surface area (Å²) in [5.41, 5.74) is -0.925. The number of aliphatic hydroxyl groups excluding tert-OH is 1. The van der Waals surface area contributed by atoms with Gasteiger partial charge in [0.2, 0.25) is 0 Å². The Morgan fingerprint density at radius 2 is 2.08 bits per heavy atom. The Bertz CT molecular complexity index is 252. The minimum atomic E-state index is -0.925. The van der Waals surface area contributed by atoms with E-state index in [1.165, 1.54) is 0 Å². The van der Waals surface area contributed by atoms with Gasteiger partial charge in [0.15, 0.2) is 0 Å². The molecule has 0 aromatic heterocycles. The van der Waals surface area contributed by atoms with Gasteiger partial charge in [-0.15, -0.1) is 0 Å². The van der Waals surface area contributed by atoms with Crippen molar-refractivity contribution in [3.8, 4) is 0 Å². The van der Waals surface area contributed by atoms with Crippen LogP contribution in [0.5, 0.6) is 0 Å². The largest absolute Gasteiger partial charge is 0.376 e. The topological polar surface area (TPSA) is 69.6 Å². The van der Waals surface area contributed by atoms with Crippen LogP contribution in [0.1, 0.15) is 20.8 Å². The minimum Gasteiger partial charge on any atom is -0.376 e. The molecule has 2 N–H and O–H groups in total. The van der Waals surface area contributed by atoms with Crippen molar-refractivity contribution in [3.63, 3.8) is 0 Å². The maximum absolute atomic E-state index is 11.4. The molecule has 1 fully saturated rings. The van der Waals surface area contributed by atoms with Crippen LogP contribution >= 0.6 is 0 Å². The number of hydrogen-bond acceptors (Lipinski definition) is 3. The highest BCUT2D eigenvalue weighted by Gasteiger charge is 2.50. The molecule has 0 spiro atoms. The van der Waals surface area contributed by atoms with Crippen LogP contribution in [0.2, 0.25) is 0 Å². The molecule has 1 heterocycles. The van der Waals surface area contributed by atoms with Gasteiger partial charge in [0.05, 0.1) is 0 Å². The van der Waals surface area contributed by atoms with Crippen molar-refractivity contribution in [2.45, 2.75) is 26.3 Å². The van der Waals surface area contributed by atoms with Gasteiger partial charge in [-0.25, -0.2) is 4.79 Å². The number of rotatable bonds is 2. The number of imide groups is 1. The van der Waals surface area contributed by atoms with E-state index in [4.69, 9.17) is 5.11 Å². The van der Waals surface area contributed by atoms with Crippen LogP contribution in [0.3, 0.4) is 0 Å². The molecule has 0 aromatic carbocycles. The molecule has 1 aliphatic heterocycles. The molecule has 1 saturated heterocycles. The van der Waals surface area contributed by atoms with E-state index in [2.05, 4.69) is 5.32 Å². The molecule has 0 aliphatic carbocycles. The number of hydrogen-bond donors (Lipinski definition) is 2. The van der Waals surface area contributed by atoms with Gasteiger partial charge in [-0.2, -0.15) is 0 Å². The second-order valence-electron chi connectivity index (χ2n) is 3.63. The fraction of sp³-hybridized carbons (Fsp3) is 0.750. The molecule has 1 unspecified atom stereocenters. The predicted octanol–water partition coefficient (Wildman–Crippen LogP) is -0.0973. The second kappa shape index (κ2) is 2.99. The van der Waals surface area contributed by atoms with Gasteiger partial charge in [0.25, 0.3) is 5.91 Å². The second-order valence-corrected chi connectivity index (χ2v) is 3.63. The first kappa shape index (κ1) is 9.98. The molecule has 5 heteroatoms. The fourth-order valence-electron chi connectivity index (χ4n) is 1.41. The van der Waals surface area contributed by atoms with Crippen molar-refractivity contribution < 1.29 is 14.7 Å². The lowest BCUT2D eigenvalue weighted by atomic mass is 9.87. The number of carbonyl (C=O) groups is 2. The number of amides is 3. The lowest BCUT2D eigenvalue weighted by Crippen LogP contribution is -2.51. The van der Waals surface area contributed by atoms with Crippen LogP contribution in [0, 0.1) is 5.92 Å². The third kappa shape index (κ3) is 1.19. The number of nitrogens with zero attached hydrogens (tertiary/aromatic N) is 1. The van der Waals surface area contributed by atoms with Crippen LogP contribution in [0.15, 0.2) is 0 Å². The molecule has 0 bridgehead atoms. The summed E-state index contributed by atoms with van der Waals surface area (Å²) >= 11 is 0. The summed E-state index contributed by atoms with van der Waals surface area (Å²) in [5.74, 6) is -0.382. The Balaban J connectivity index is 3.05. The number of nitrogens with one attached hydrogen (secondary N) is 1. The average Bonchev–Trinajstić information content (AvgIpc) is 2.24. The number of carbonyl (C=O) groups excluding carboxylic acids is 2. The zero-order chi connectivity index (χ0) is 10.2. The quantitative estimate of drug-likeness (QED) is 0.592. The molecule has 1 atom stereocenters. The van der Waals surface area contributed by atoms with Gasteiger partial charge in [-0.3, -0.25) is 15.0 Å². The summed E-state index contributed by atoms with van der Waals surface area (Å²) < 4.78 is 0. The highest BCUT2D eigenvalue weighted by Crippen LogP contribution is 2.28. The molecule has 1 aliphatic rings. The maximum atomic E-state index is 11.4. The van der Waals surface area contributed by atoms with Gasteiger partial charge in [-0.05, 0) is 12.8 Å². The Morgan fingerprint density at radius 1 is 1.54 bits per heavy atom. The summed E-state index contributed by atoms with van der Waals surface area (Å²) in [6, 6.07) is -0.524. The first-order chi connectivity index (χ1) is 5.94. The van der Waals surface area contributed by atoms with Crippen LogP contribution in [-0.2, 0) is 4.79 Å². The van der Waals surface area contributed by atoms with E-state index in [0.29, 0.717) is 0 Å². The van der Waals surface area contributed by atoms with Gasteiger partial charge in [0, 0.05) is 0 Å². The van der Waals surface area contributed by atoms with Gasteiger partial charge in [0.1, 0.15) is 12.3 Å². The van der Waals surface area contributed by atoms with Crippen molar-refractivity contribution in [1.29, 1.82) is 0 Å². The normalized spacial score (nSPS) is 28.5. The van der Waals surface area contributed by atoms with Crippen molar-refractivity contribution in [3.05, 3.63) is 0 Å². The first-order valence-electron chi connectivity index (χ1n) is 4.18. The van der Waals surface area contributed by atoms with E-state index in [-0.39, 0.29) is 11.8 Å². The summed E-state index contributed by atoms with van der Waals surface area (Å²) in [7, 11) is 0. The molecule has 0 radical (unpaired) electrons. The molecule has 5 nitrogen and oxygen atoms in total. The zero-order valence-corrected chi connectivity index (χ0v) is 8.00. The molecule has 3 amide bonds. The van der Waals surface area contributed by atoms with E-state index in [9.17, 15) is 9.59 Å². The summed E-state index contributed by atoms with van der Waals surface area (Å²) in [4.78, 5) is 23.7. The van der Waals surface area contributed by atoms with Crippen LogP contribution in [0.4, 0.5) is 4.79 Å². The minimum absolute atomic E-state index is 0.0360. The zero-order valence-electron chi connectivity index (χ0n) is 8.00. The van der Waals surface area contributed by atoms with Gasteiger partial charge in [-0.1, -0.05) is 13.8 Å². The van der Waals surface area contributed by atoms with E-state index in [1.807, 2.05) is 13.8 Å². The van der Waals surface area contributed by atoms with Crippen molar-refractivity contribution >= 4 is 11.9 Å². The third-order valence-corrected chi connectivity index (χ3v) is 2.75. The lowest BCUT2D eigenvalue weighted by molar-refractivity contribution is -0.129. The van der Waals surface area contributed by atoms with E-state index in [0.717, 1.165) is 4.90 Å². The van der Waals surface area contributed by atoms with Gasteiger partial charge >= 0.3 is 6.03 Å². The smallest absolute Gasteiger partial charge is 0.326 e. The first-order valence-corrected chi connectivity index (χ1v) is 4.18. The number of aliphatic hydroxyl groups is 1. The molecule has 1 rings (SSSR count). The average molecular weight is 186 g/mol. The van der Waals surface area contributed by atoms with Crippen LogP contribution in [0.25, 0.3) is 0 Å². The van der Waals surface area contributed by atoms with Crippen molar-refractivity contribution in [2.75, 3.05) is 6.73 Å². The maximum Gasteiger partial charge on any atom is 0.326 e. The molecule has 0 saturated carbocycles. The number of urea groups is 1. The van der Waals surface area contributed by atoms with Crippen molar-refractivity contribution in [1.82, 2.24) is 10.2 Å². The van der Waals surface area contributed by atoms with Gasteiger partial charge < -0.3 is 5.11 Å². The highest BCUT2D eigenvalue weighted by molar-refractivity contribution is 6.06. The molecule has 0 aromatic rings. The Kier molecular flexibility index (Phi) is 2.30. The third-order valence-electron chi connectivity index (χ3n) is 2.75. The predicted molar refractivity (Wildman–Crippen MR) is 45.7 cm³/mol. The summed E-state index contributed by atoms with van der Waals surface area (Å²) in [6.07, 6.45) is 0. The monoisotopic (exact) mass is 186 g/mol. The Labute approximate surface area is 76.7 Å². The van der Waals surface area contributed by atoms with Crippen LogP contribution in [-0.4, -0.2) is 34.2 Å². The molecule has 13 heavy (non-hydrogen) atoms. The summed E-state index contributed by atoms with van der Waals surface area (Å²) in [6.45, 7) is 4.88. The molecular formula is C8H14N2O3. The summed E-state index contributed by atoms with van der Waals surface area (Å²) in [5, 5.41) is 11.1. The van der Waals surface area contributed by atoms with Crippen molar-refractivity contribution in [2.24, 2.45) is 5.92 Å². The van der Waals surface area contributed by atoms with Crippen LogP contribution < -0.4 is 5.32 Å². The molecular weight excluding hydrogens is 172 g/mol. The van der Waals surface area contributed by atoms with E-state index >= 15 is 0 Å². The van der Waals surface area contributed by atoms with E-state index < -0.39 is 18.3 Å².